The molecule has 1 aromatic heterocycles. The quantitative estimate of drug-likeness (QED) is 0.572. The summed E-state index contributed by atoms with van der Waals surface area (Å²) in [7, 11) is 0. The Kier molecular flexibility index (Phi) is 5.59. The van der Waals surface area contributed by atoms with Gasteiger partial charge < -0.3 is 10.2 Å². The van der Waals surface area contributed by atoms with Crippen molar-refractivity contribution in [2.24, 2.45) is 5.92 Å². The summed E-state index contributed by atoms with van der Waals surface area (Å²) in [6.07, 6.45) is 6.39. The van der Waals surface area contributed by atoms with Crippen LogP contribution in [0.1, 0.15) is 32.6 Å². The first-order chi connectivity index (χ1) is 10.9. The first-order valence-corrected chi connectivity index (χ1v) is 7.89. The van der Waals surface area contributed by atoms with Crippen molar-refractivity contribution >= 4 is 11.9 Å². The van der Waals surface area contributed by atoms with Gasteiger partial charge in [0.1, 0.15) is 12.1 Å². The molecule has 1 saturated carbocycles. The average Bonchev–Trinajstić information content (AvgIpc) is 3.24. The third kappa shape index (κ3) is 4.69. The predicted octanol–water partition coefficient (Wildman–Crippen LogP) is 0.356. The van der Waals surface area contributed by atoms with Crippen LogP contribution in [0.5, 0.6) is 0 Å². The van der Waals surface area contributed by atoms with Crippen LogP contribution >= 0.6 is 0 Å². The fourth-order valence-electron chi connectivity index (χ4n) is 2.52. The summed E-state index contributed by atoms with van der Waals surface area (Å²) < 4.78 is 2.90. The summed E-state index contributed by atoms with van der Waals surface area (Å²) in [5, 5.41) is 21.1. The van der Waals surface area contributed by atoms with Crippen LogP contribution in [0.25, 0.3) is 0 Å². The number of carbonyl (C=O) groups is 2. The van der Waals surface area contributed by atoms with Crippen LogP contribution in [0.3, 0.4) is 0 Å². The molecule has 1 heterocycles. The van der Waals surface area contributed by atoms with Gasteiger partial charge in [-0.25, -0.2) is 4.79 Å². The maximum absolute atomic E-state index is 12.2. The lowest BCUT2D eigenvalue weighted by Gasteiger charge is -2.20. The molecule has 0 amide bonds. The highest BCUT2D eigenvalue weighted by molar-refractivity contribution is 5.77. The Balaban J connectivity index is 2.06. The Morgan fingerprint density at radius 3 is 2.35 bits per heavy atom. The van der Waals surface area contributed by atoms with Crippen molar-refractivity contribution in [2.75, 3.05) is 0 Å². The molecule has 8 heteroatoms. The molecule has 2 atom stereocenters. The molecule has 0 saturated heterocycles. The second-order valence-corrected chi connectivity index (χ2v) is 6.07. The molecule has 8 nitrogen and oxygen atoms in total. The minimum absolute atomic E-state index is 0.0979. The Morgan fingerprint density at radius 1 is 1.22 bits per heavy atom. The van der Waals surface area contributed by atoms with Crippen LogP contribution in [0.15, 0.2) is 17.2 Å². The zero-order valence-corrected chi connectivity index (χ0v) is 13.1. The van der Waals surface area contributed by atoms with E-state index in [4.69, 9.17) is 5.11 Å². The first kappa shape index (κ1) is 17.3. The molecule has 0 bridgehead atoms. The maximum Gasteiger partial charge on any atom is 0.328 e. The minimum Gasteiger partial charge on any atom is -0.480 e. The van der Waals surface area contributed by atoms with Crippen molar-refractivity contribution in [3.63, 3.8) is 0 Å². The molecular formula is C15H23N3O5. The van der Waals surface area contributed by atoms with Crippen LogP contribution < -0.4 is 11.0 Å². The van der Waals surface area contributed by atoms with E-state index in [9.17, 15) is 19.5 Å². The molecule has 0 aliphatic heterocycles. The van der Waals surface area contributed by atoms with Crippen molar-refractivity contribution in [1.82, 2.24) is 14.5 Å². The molecule has 0 aromatic carbocycles. The normalized spacial score (nSPS) is 16.9. The van der Waals surface area contributed by atoms with Gasteiger partial charge in [-0.2, -0.15) is 0 Å². The summed E-state index contributed by atoms with van der Waals surface area (Å²) in [6.45, 7) is 2.39. The molecule has 1 aromatic rings. The average molecular weight is 325 g/mol. The molecule has 0 unspecified atom stereocenters. The van der Waals surface area contributed by atoms with Gasteiger partial charge in [-0.15, -0.1) is 0 Å². The van der Waals surface area contributed by atoms with Crippen LogP contribution in [0, 0.1) is 5.92 Å². The zero-order chi connectivity index (χ0) is 17.0. The second kappa shape index (κ2) is 7.45. The Hall–Kier alpha value is -2.09. The standard InChI is InChI=1S/C15H23N3O5/c1-2-3-11(13(19)20)16-12(14(21)22)9-18-7-6-17(15(18)23)8-10-4-5-10/h6-7,10-12,16H,2-5,8-9H2,1H3,(H,19,20)(H,21,22)/t11-,12-/m0/s1. The summed E-state index contributed by atoms with van der Waals surface area (Å²) in [5.41, 5.74) is -0.257. The van der Waals surface area contributed by atoms with Gasteiger partial charge in [-0.1, -0.05) is 13.3 Å². The number of rotatable bonds is 10. The van der Waals surface area contributed by atoms with Gasteiger partial charge in [0.05, 0.1) is 6.54 Å². The second-order valence-electron chi connectivity index (χ2n) is 6.07. The monoisotopic (exact) mass is 325 g/mol. The fourth-order valence-corrected chi connectivity index (χ4v) is 2.52. The lowest BCUT2D eigenvalue weighted by Crippen LogP contribution is -2.50. The molecular weight excluding hydrogens is 302 g/mol. The molecule has 0 spiro atoms. The summed E-state index contributed by atoms with van der Waals surface area (Å²) in [5.74, 6) is -1.72. The van der Waals surface area contributed by atoms with Crippen LogP contribution in [-0.2, 0) is 22.7 Å². The van der Waals surface area contributed by atoms with E-state index < -0.39 is 24.0 Å². The van der Waals surface area contributed by atoms with E-state index in [1.807, 2.05) is 6.92 Å². The van der Waals surface area contributed by atoms with Crippen molar-refractivity contribution < 1.29 is 19.8 Å². The van der Waals surface area contributed by atoms with Gasteiger partial charge in [0.25, 0.3) is 0 Å². The van der Waals surface area contributed by atoms with E-state index >= 15 is 0 Å². The number of aliphatic carboxylic acids is 2. The third-order valence-corrected chi connectivity index (χ3v) is 4.02. The minimum atomic E-state index is -1.17. The van der Waals surface area contributed by atoms with E-state index in [0.717, 1.165) is 12.8 Å². The van der Waals surface area contributed by atoms with Crippen molar-refractivity contribution in [1.29, 1.82) is 0 Å². The number of hydrogen-bond donors (Lipinski definition) is 3. The number of hydrogen-bond acceptors (Lipinski definition) is 4. The summed E-state index contributed by atoms with van der Waals surface area (Å²) in [4.78, 5) is 34.8. The van der Waals surface area contributed by atoms with Gasteiger partial charge in [-0.05, 0) is 25.2 Å². The lowest BCUT2D eigenvalue weighted by molar-refractivity contribution is -0.143. The number of nitrogens with zero attached hydrogens (tertiary/aromatic N) is 2. The van der Waals surface area contributed by atoms with Crippen LogP contribution in [0.2, 0.25) is 0 Å². The predicted molar refractivity (Wildman–Crippen MR) is 82.3 cm³/mol. The van der Waals surface area contributed by atoms with Gasteiger partial charge in [0, 0.05) is 18.9 Å². The van der Waals surface area contributed by atoms with Gasteiger partial charge in [-0.3, -0.25) is 24.0 Å². The maximum atomic E-state index is 12.2. The van der Waals surface area contributed by atoms with Crippen molar-refractivity contribution in [3.8, 4) is 0 Å². The van der Waals surface area contributed by atoms with E-state index in [0.29, 0.717) is 25.3 Å². The highest BCUT2D eigenvalue weighted by Crippen LogP contribution is 2.29. The van der Waals surface area contributed by atoms with Crippen molar-refractivity contribution in [3.05, 3.63) is 22.9 Å². The number of carboxylic acids is 2. The first-order valence-electron chi connectivity index (χ1n) is 7.89. The summed E-state index contributed by atoms with van der Waals surface area (Å²) >= 11 is 0. The third-order valence-electron chi connectivity index (χ3n) is 4.02. The zero-order valence-electron chi connectivity index (χ0n) is 13.1. The highest BCUT2D eigenvalue weighted by Gasteiger charge is 2.27. The van der Waals surface area contributed by atoms with Gasteiger partial charge in [0.15, 0.2) is 0 Å². The molecule has 3 N–H and O–H groups in total. The number of imidazole rings is 1. The largest absolute Gasteiger partial charge is 0.480 e. The Labute approximate surface area is 133 Å². The molecule has 1 aliphatic carbocycles. The van der Waals surface area contributed by atoms with Crippen LogP contribution in [0.4, 0.5) is 0 Å². The van der Waals surface area contributed by atoms with E-state index in [2.05, 4.69) is 5.32 Å². The Morgan fingerprint density at radius 2 is 1.83 bits per heavy atom. The number of nitrogens with one attached hydrogen (secondary N) is 1. The van der Waals surface area contributed by atoms with Gasteiger partial charge in [0.2, 0.25) is 0 Å². The summed E-state index contributed by atoms with van der Waals surface area (Å²) in [6, 6.07) is -2.07. The Bertz CT molecular complexity index is 617. The number of carboxylic acid groups (broad SMARTS) is 2. The fraction of sp³-hybridized carbons (Fsp3) is 0.667. The SMILES string of the molecule is CCC[C@H](N[C@@H](Cn1ccn(CC2CC2)c1=O)C(=O)O)C(=O)O. The molecule has 1 aliphatic rings. The molecule has 1 fully saturated rings. The van der Waals surface area contributed by atoms with Crippen molar-refractivity contribution in [2.45, 2.75) is 57.8 Å². The topological polar surface area (TPSA) is 114 Å². The van der Waals surface area contributed by atoms with Crippen LogP contribution in [-0.4, -0.2) is 43.4 Å². The molecule has 23 heavy (non-hydrogen) atoms. The molecule has 2 rings (SSSR count). The lowest BCUT2D eigenvalue weighted by atomic mass is 10.1. The van der Waals surface area contributed by atoms with E-state index in [1.54, 1.807) is 17.0 Å². The van der Waals surface area contributed by atoms with E-state index in [-0.39, 0.29) is 12.2 Å². The van der Waals surface area contributed by atoms with Gasteiger partial charge >= 0.3 is 17.6 Å². The smallest absolute Gasteiger partial charge is 0.328 e. The molecule has 0 radical (unpaired) electrons. The van der Waals surface area contributed by atoms with E-state index in [1.165, 1.54) is 4.57 Å². The molecule has 128 valence electrons. The number of aromatic nitrogens is 2. The highest BCUT2D eigenvalue weighted by atomic mass is 16.4.